The van der Waals surface area contributed by atoms with Gasteiger partial charge in [-0.1, -0.05) is 12.1 Å². The lowest BCUT2D eigenvalue weighted by Gasteiger charge is -2.08. The summed E-state index contributed by atoms with van der Waals surface area (Å²) in [4.78, 5) is 23.2. The number of anilines is 2. The molecule has 2 aromatic carbocycles. The molecule has 2 rings (SSSR count). The second-order valence-corrected chi connectivity index (χ2v) is 5.20. The summed E-state index contributed by atoms with van der Waals surface area (Å²) in [7, 11) is 1.50. The van der Waals surface area contributed by atoms with Gasteiger partial charge in [-0.15, -0.1) is 0 Å². The number of hydrogen-bond donors (Lipinski definition) is 3. The number of rotatable bonds is 6. The Labute approximate surface area is 149 Å². The van der Waals surface area contributed by atoms with E-state index in [1.54, 1.807) is 43.3 Å². The maximum absolute atomic E-state index is 12.2. The van der Waals surface area contributed by atoms with Crippen LogP contribution in [0.15, 0.2) is 47.6 Å². The molecule has 1 amide bonds. The minimum absolute atomic E-state index is 0.0626. The van der Waals surface area contributed by atoms with E-state index in [-0.39, 0.29) is 5.56 Å². The molecule has 8 heteroatoms. The number of aryl methyl sites for hydroxylation is 1. The highest BCUT2D eigenvalue weighted by Crippen LogP contribution is 2.18. The maximum Gasteiger partial charge on any atom is 0.335 e. The standard InChI is InChI=1S/C18H16N4O4/c1-11-6-7-12(18(24)25)8-15(11)21-22-16(10-19)17(23)20-13-4-3-5-14(9-13)26-2/h3-9,21H,1-2H3,(H,20,23)(H,24,25)/b22-16+. The van der Waals surface area contributed by atoms with Gasteiger partial charge in [-0.25, -0.2) is 4.79 Å². The van der Waals surface area contributed by atoms with Gasteiger partial charge in [-0.05, 0) is 36.8 Å². The predicted octanol–water partition coefficient (Wildman–Crippen LogP) is 2.63. The van der Waals surface area contributed by atoms with Crippen LogP contribution >= 0.6 is 0 Å². The highest BCUT2D eigenvalue weighted by molar-refractivity contribution is 6.48. The molecule has 0 spiro atoms. The number of methoxy groups -OCH3 is 1. The van der Waals surface area contributed by atoms with Crippen molar-refractivity contribution < 1.29 is 19.4 Å². The molecule has 0 heterocycles. The molecule has 0 aliphatic heterocycles. The Hall–Kier alpha value is -3.86. The fourth-order valence-electron chi connectivity index (χ4n) is 2.01. The fourth-order valence-corrected chi connectivity index (χ4v) is 2.01. The van der Waals surface area contributed by atoms with Gasteiger partial charge in [-0.3, -0.25) is 10.2 Å². The molecule has 0 saturated carbocycles. The number of hydrazone groups is 1. The van der Waals surface area contributed by atoms with Gasteiger partial charge in [0, 0.05) is 11.8 Å². The molecule has 0 aliphatic carbocycles. The Bertz CT molecular complexity index is 916. The van der Waals surface area contributed by atoms with E-state index in [1.165, 1.54) is 19.2 Å². The number of carboxylic acid groups (broad SMARTS) is 1. The Balaban J connectivity index is 2.17. The van der Waals surface area contributed by atoms with E-state index >= 15 is 0 Å². The largest absolute Gasteiger partial charge is 0.497 e. The Morgan fingerprint density at radius 3 is 2.65 bits per heavy atom. The van der Waals surface area contributed by atoms with E-state index in [0.717, 1.165) is 0 Å². The van der Waals surface area contributed by atoms with Crippen LogP contribution in [0.1, 0.15) is 15.9 Å². The molecule has 0 bridgehead atoms. The molecule has 26 heavy (non-hydrogen) atoms. The van der Waals surface area contributed by atoms with E-state index in [1.807, 2.05) is 0 Å². The summed E-state index contributed by atoms with van der Waals surface area (Å²) in [5, 5.41) is 24.5. The minimum atomic E-state index is -1.09. The molecule has 132 valence electrons. The van der Waals surface area contributed by atoms with Crippen molar-refractivity contribution in [3.63, 3.8) is 0 Å². The molecule has 0 saturated heterocycles. The van der Waals surface area contributed by atoms with Gasteiger partial charge in [0.25, 0.3) is 5.91 Å². The summed E-state index contributed by atoms with van der Waals surface area (Å²) >= 11 is 0. The molecule has 0 aromatic heterocycles. The number of aromatic carboxylic acids is 1. The van der Waals surface area contributed by atoms with Gasteiger partial charge < -0.3 is 15.2 Å². The summed E-state index contributed by atoms with van der Waals surface area (Å²) in [5.41, 5.74) is 3.76. The zero-order chi connectivity index (χ0) is 19.1. The molecule has 2 aromatic rings. The first-order chi connectivity index (χ1) is 12.4. The number of benzene rings is 2. The maximum atomic E-state index is 12.2. The molecule has 0 fully saturated rings. The quantitative estimate of drug-likeness (QED) is 0.542. The highest BCUT2D eigenvalue weighted by Gasteiger charge is 2.13. The topological polar surface area (TPSA) is 124 Å². The van der Waals surface area contributed by atoms with Crippen LogP contribution in [-0.4, -0.2) is 29.8 Å². The molecule has 3 N–H and O–H groups in total. The number of ether oxygens (including phenoxy) is 1. The number of amides is 1. The number of hydrogen-bond acceptors (Lipinski definition) is 6. The summed E-state index contributed by atoms with van der Waals surface area (Å²) in [5.74, 6) is -1.24. The number of carboxylic acids is 1. The average molecular weight is 352 g/mol. The van der Waals surface area contributed by atoms with Crippen LogP contribution in [0.3, 0.4) is 0 Å². The van der Waals surface area contributed by atoms with Crippen molar-refractivity contribution in [1.82, 2.24) is 0 Å². The van der Waals surface area contributed by atoms with Gasteiger partial charge in [-0.2, -0.15) is 10.4 Å². The van der Waals surface area contributed by atoms with E-state index in [4.69, 9.17) is 15.1 Å². The zero-order valence-electron chi connectivity index (χ0n) is 14.1. The predicted molar refractivity (Wildman–Crippen MR) is 96.4 cm³/mol. The Morgan fingerprint density at radius 1 is 1.23 bits per heavy atom. The normalized spacial score (nSPS) is 10.6. The lowest BCUT2D eigenvalue weighted by molar-refractivity contribution is -0.110. The SMILES string of the molecule is COc1cccc(NC(=O)/C(C#N)=N/Nc2cc(C(=O)O)ccc2C)c1. The van der Waals surface area contributed by atoms with Crippen molar-refractivity contribution in [1.29, 1.82) is 5.26 Å². The van der Waals surface area contributed by atoms with Gasteiger partial charge in [0.05, 0.1) is 18.4 Å². The van der Waals surface area contributed by atoms with Crippen molar-refractivity contribution >= 4 is 29.0 Å². The number of nitriles is 1. The molecular formula is C18H16N4O4. The van der Waals surface area contributed by atoms with E-state index < -0.39 is 17.6 Å². The summed E-state index contributed by atoms with van der Waals surface area (Å²) in [6.07, 6.45) is 0. The minimum Gasteiger partial charge on any atom is -0.497 e. The van der Waals surface area contributed by atoms with Crippen LogP contribution in [0.25, 0.3) is 0 Å². The van der Waals surface area contributed by atoms with Crippen LogP contribution in [0, 0.1) is 18.3 Å². The number of carbonyl (C=O) groups excluding carboxylic acids is 1. The number of nitrogens with zero attached hydrogens (tertiary/aromatic N) is 2. The third-order valence-electron chi connectivity index (χ3n) is 3.42. The van der Waals surface area contributed by atoms with Crippen LogP contribution in [0.2, 0.25) is 0 Å². The second-order valence-electron chi connectivity index (χ2n) is 5.20. The number of nitrogens with one attached hydrogen (secondary N) is 2. The fraction of sp³-hybridized carbons (Fsp3) is 0.111. The first-order valence-corrected chi connectivity index (χ1v) is 7.47. The van der Waals surface area contributed by atoms with Gasteiger partial charge in [0.1, 0.15) is 11.8 Å². The van der Waals surface area contributed by atoms with E-state index in [2.05, 4.69) is 15.8 Å². The van der Waals surface area contributed by atoms with Crippen LogP contribution < -0.4 is 15.5 Å². The lowest BCUT2D eigenvalue weighted by Crippen LogP contribution is -2.22. The monoisotopic (exact) mass is 352 g/mol. The van der Waals surface area contributed by atoms with E-state index in [0.29, 0.717) is 22.7 Å². The van der Waals surface area contributed by atoms with Crippen molar-refractivity contribution in [2.75, 3.05) is 17.9 Å². The second kappa shape index (κ2) is 8.30. The van der Waals surface area contributed by atoms with Crippen LogP contribution in [0.4, 0.5) is 11.4 Å². The number of carbonyl (C=O) groups is 2. The van der Waals surface area contributed by atoms with Crippen molar-refractivity contribution in [3.05, 3.63) is 53.6 Å². The zero-order valence-corrected chi connectivity index (χ0v) is 14.1. The van der Waals surface area contributed by atoms with Crippen molar-refractivity contribution in [3.8, 4) is 11.8 Å². The van der Waals surface area contributed by atoms with Gasteiger partial charge >= 0.3 is 5.97 Å². The molecule has 0 unspecified atom stereocenters. The highest BCUT2D eigenvalue weighted by atomic mass is 16.5. The molecule has 8 nitrogen and oxygen atoms in total. The average Bonchev–Trinajstić information content (AvgIpc) is 2.63. The third kappa shape index (κ3) is 4.58. The molecule has 0 radical (unpaired) electrons. The molecule has 0 aliphatic rings. The Morgan fingerprint density at radius 2 is 2.00 bits per heavy atom. The molecular weight excluding hydrogens is 336 g/mol. The summed E-state index contributed by atoms with van der Waals surface area (Å²) in [6, 6.07) is 12.8. The first-order valence-electron chi connectivity index (χ1n) is 7.47. The summed E-state index contributed by atoms with van der Waals surface area (Å²) < 4.78 is 5.07. The van der Waals surface area contributed by atoms with Crippen molar-refractivity contribution in [2.24, 2.45) is 5.10 Å². The van der Waals surface area contributed by atoms with Crippen molar-refractivity contribution in [2.45, 2.75) is 6.92 Å². The van der Waals surface area contributed by atoms with Crippen LogP contribution in [-0.2, 0) is 4.79 Å². The summed E-state index contributed by atoms with van der Waals surface area (Å²) in [6.45, 7) is 1.74. The lowest BCUT2D eigenvalue weighted by atomic mass is 10.1. The molecule has 0 atom stereocenters. The smallest absolute Gasteiger partial charge is 0.335 e. The van der Waals surface area contributed by atoms with Gasteiger partial charge in [0.2, 0.25) is 5.71 Å². The van der Waals surface area contributed by atoms with Gasteiger partial charge in [0.15, 0.2) is 0 Å². The van der Waals surface area contributed by atoms with Crippen LogP contribution in [0.5, 0.6) is 5.75 Å². The first kappa shape index (κ1) is 18.5. The van der Waals surface area contributed by atoms with E-state index in [9.17, 15) is 9.59 Å². The Kier molecular flexibility index (Phi) is 5.90. The third-order valence-corrected chi connectivity index (χ3v) is 3.42.